The first kappa shape index (κ1) is 15.3. The van der Waals surface area contributed by atoms with Crippen molar-refractivity contribution < 1.29 is 14.7 Å². The van der Waals surface area contributed by atoms with Gasteiger partial charge in [0.15, 0.2) is 0 Å². The van der Waals surface area contributed by atoms with E-state index in [9.17, 15) is 9.59 Å². The van der Waals surface area contributed by atoms with Crippen molar-refractivity contribution in [2.24, 2.45) is 5.73 Å². The molecule has 0 saturated heterocycles. The fourth-order valence-corrected chi connectivity index (χ4v) is 2.61. The topological polar surface area (TPSA) is 104 Å². The molecule has 1 aromatic rings. The normalized spacial score (nSPS) is 21.6. The number of carboxylic acids is 1. The molecule has 6 heteroatoms. The number of hydrogen-bond acceptors (Lipinski definition) is 3. The Morgan fingerprint density at radius 3 is 2.76 bits per heavy atom. The second-order valence-electron chi connectivity index (χ2n) is 5.42. The van der Waals surface area contributed by atoms with Gasteiger partial charge in [0.2, 0.25) is 0 Å². The van der Waals surface area contributed by atoms with Crippen molar-refractivity contribution >= 4 is 17.7 Å². The van der Waals surface area contributed by atoms with E-state index in [-0.39, 0.29) is 24.5 Å². The Morgan fingerprint density at radius 1 is 1.29 bits per heavy atom. The third-order valence-electron chi connectivity index (χ3n) is 3.68. The van der Waals surface area contributed by atoms with Gasteiger partial charge in [0.25, 0.3) is 0 Å². The molecule has 1 aliphatic carbocycles. The summed E-state index contributed by atoms with van der Waals surface area (Å²) in [5, 5.41) is 14.4. The van der Waals surface area contributed by atoms with Crippen LogP contribution in [0, 0.1) is 0 Å². The standard InChI is InChI=1S/C15H21N3O3/c16-12-6-1-2-7-13(12)18-15(21)17-11-5-3-4-10(8-11)9-14(19)20/h3-5,8,12-13H,1-2,6-7,9,16H2,(H,19,20)(H2,17,18,21). The molecular weight excluding hydrogens is 270 g/mol. The van der Waals surface area contributed by atoms with Crippen molar-refractivity contribution in [3.8, 4) is 0 Å². The molecule has 1 fully saturated rings. The maximum Gasteiger partial charge on any atom is 0.319 e. The van der Waals surface area contributed by atoms with E-state index in [1.54, 1.807) is 24.3 Å². The number of carboxylic acid groups (broad SMARTS) is 1. The van der Waals surface area contributed by atoms with Gasteiger partial charge in [0.1, 0.15) is 0 Å². The van der Waals surface area contributed by atoms with Gasteiger partial charge in [-0.3, -0.25) is 4.79 Å². The second kappa shape index (κ2) is 7.08. The van der Waals surface area contributed by atoms with Crippen LogP contribution in [-0.2, 0) is 11.2 Å². The average Bonchev–Trinajstić information content (AvgIpc) is 2.41. The maximum atomic E-state index is 12.0. The summed E-state index contributed by atoms with van der Waals surface area (Å²) >= 11 is 0. The summed E-state index contributed by atoms with van der Waals surface area (Å²) in [6.07, 6.45) is 3.95. The van der Waals surface area contributed by atoms with Gasteiger partial charge in [-0.15, -0.1) is 0 Å². The summed E-state index contributed by atoms with van der Waals surface area (Å²) in [6.45, 7) is 0. The number of carbonyl (C=O) groups excluding carboxylic acids is 1. The van der Waals surface area contributed by atoms with E-state index in [1.807, 2.05) is 0 Å². The van der Waals surface area contributed by atoms with Crippen LogP contribution in [0.5, 0.6) is 0 Å². The van der Waals surface area contributed by atoms with Crippen LogP contribution in [0.2, 0.25) is 0 Å². The highest BCUT2D eigenvalue weighted by Gasteiger charge is 2.23. The van der Waals surface area contributed by atoms with Crippen molar-refractivity contribution in [3.05, 3.63) is 29.8 Å². The minimum Gasteiger partial charge on any atom is -0.481 e. The minimum atomic E-state index is -0.898. The first-order valence-electron chi connectivity index (χ1n) is 7.18. The van der Waals surface area contributed by atoms with E-state index in [4.69, 9.17) is 10.8 Å². The lowest BCUT2D eigenvalue weighted by Crippen LogP contribution is -2.50. The van der Waals surface area contributed by atoms with Gasteiger partial charge in [-0.05, 0) is 30.5 Å². The molecule has 1 aromatic carbocycles. The van der Waals surface area contributed by atoms with Crippen LogP contribution in [0.4, 0.5) is 10.5 Å². The summed E-state index contributed by atoms with van der Waals surface area (Å²) in [5.74, 6) is -0.898. The van der Waals surface area contributed by atoms with Crippen LogP contribution in [0.3, 0.4) is 0 Å². The van der Waals surface area contributed by atoms with Crippen LogP contribution >= 0.6 is 0 Å². The molecule has 1 aliphatic rings. The average molecular weight is 291 g/mol. The minimum absolute atomic E-state index is 0.000882. The predicted octanol–water partition coefficient (Wildman–Crippen LogP) is 1.71. The van der Waals surface area contributed by atoms with Crippen LogP contribution in [0.1, 0.15) is 31.2 Å². The number of aliphatic carboxylic acids is 1. The van der Waals surface area contributed by atoms with Crippen molar-refractivity contribution in [1.82, 2.24) is 5.32 Å². The molecule has 2 atom stereocenters. The smallest absolute Gasteiger partial charge is 0.319 e. The lowest BCUT2D eigenvalue weighted by atomic mass is 9.91. The van der Waals surface area contributed by atoms with Crippen LogP contribution in [-0.4, -0.2) is 29.2 Å². The fourth-order valence-electron chi connectivity index (χ4n) is 2.61. The summed E-state index contributed by atoms with van der Waals surface area (Å²) in [4.78, 5) is 22.7. The van der Waals surface area contributed by atoms with E-state index < -0.39 is 5.97 Å². The van der Waals surface area contributed by atoms with Crippen LogP contribution in [0.15, 0.2) is 24.3 Å². The molecule has 114 valence electrons. The number of nitrogens with two attached hydrogens (primary N) is 1. The first-order valence-corrected chi connectivity index (χ1v) is 7.18. The van der Waals surface area contributed by atoms with Gasteiger partial charge in [0.05, 0.1) is 6.42 Å². The van der Waals surface area contributed by atoms with E-state index >= 15 is 0 Å². The molecule has 1 saturated carbocycles. The Balaban J connectivity index is 1.91. The zero-order chi connectivity index (χ0) is 15.2. The largest absolute Gasteiger partial charge is 0.481 e. The molecule has 2 rings (SSSR count). The highest BCUT2D eigenvalue weighted by Crippen LogP contribution is 2.17. The molecule has 0 bridgehead atoms. The van der Waals surface area contributed by atoms with Crippen LogP contribution < -0.4 is 16.4 Å². The zero-order valence-corrected chi connectivity index (χ0v) is 11.8. The highest BCUT2D eigenvalue weighted by molar-refractivity contribution is 5.89. The monoisotopic (exact) mass is 291 g/mol. The van der Waals surface area contributed by atoms with Crippen molar-refractivity contribution in [2.45, 2.75) is 44.2 Å². The molecule has 0 aliphatic heterocycles. The Bertz CT molecular complexity index is 519. The third-order valence-corrected chi connectivity index (χ3v) is 3.68. The molecular formula is C15H21N3O3. The number of rotatable bonds is 4. The quantitative estimate of drug-likeness (QED) is 0.677. The number of benzene rings is 1. The molecule has 5 N–H and O–H groups in total. The Labute approximate surface area is 123 Å². The molecule has 0 radical (unpaired) electrons. The summed E-state index contributed by atoms with van der Waals surface area (Å²) < 4.78 is 0. The molecule has 2 amide bonds. The van der Waals surface area contributed by atoms with E-state index in [0.717, 1.165) is 25.7 Å². The van der Waals surface area contributed by atoms with Gasteiger partial charge in [0, 0.05) is 17.8 Å². The maximum absolute atomic E-state index is 12.0. The fraction of sp³-hybridized carbons (Fsp3) is 0.467. The number of urea groups is 1. The predicted molar refractivity (Wildman–Crippen MR) is 80.2 cm³/mol. The van der Waals surface area contributed by atoms with Gasteiger partial charge >= 0.3 is 12.0 Å². The van der Waals surface area contributed by atoms with E-state index in [2.05, 4.69) is 10.6 Å². The Morgan fingerprint density at radius 2 is 2.05 bits per heavy atom. The van der Waals surface area contributed by atoms with Gasteiger partial charge in [-0.1, -0.05) is 25.0 Å². The Hall–Kier alpha value is -2.08. The number of amides is 2. The van der Waals surface area contributed by atoms with Crippen molar-refractivity contribution in [2.75, 3.05) is 5.32 Å². The molecule has 0 heterocycles. The lowest BCUT2D eigenvalue weighted by molar-refractivity contribution is -0.136. The van der Waals surface area contributed by atoms with E-state index in [1.165, 1.54) is 0 Å². The zero-order valence-electron chi connectivity index (χ0n) is 11.8. The Kier molecular flexibility index (Phi) is 5.16. The SMILES string of the molecule is NC1CCCCC1NC(=O)Nc1cccc(CC(=O)O)c1. The van der Waals surface area contributed by atoms with Crippen molar-refractivity contribution in [3.63, 3.8) is 0 Å². The summed E-state index contributed by atoms with van der Waals surface area (Å²) in [6, 6.07) is 6.53. The summed E-state index contributed by atoms with van der Waals surface area (Å²) in [5.41, 5.74) is 7.22. The molecule has 2 unspecified atom stereocenters. The molecule has 6 nitrogen and oxygen atoms in total. The molecule has 0 spiro atoms. The molecule has 21 heavy (non-hydrogen) atoms. The van der Waals surface area contributed by atoms with Gasteiger partial charge in [-0.2, -0.15) is 0 Å². The second-order valence-corrected chi connectivity index (χ2v) is 5.42. The first-order chi connectivity index (χ1) is 10.0. The summed E-state index contributed by atoms with van der Waals surface area (Å²) in [7, 11) is 0. The van der Waals surface area contributed by atoms with Crippen LogP contribution in [0.25, 0.3) is 0 Å². The number of anilines is 1. The third kappa shape index (κ3) is 4.75. The molecule has 0 aromatic heterocycles. The van der Waals surface area contributed by atoms with Gasteiger partial charge < -0.3 is 21.5 Å². The number of nitrogens with one attached hydrogen (secondary N) is 2. The highest BCUT2D eigenvalue weighted by atomic mass is 16.4. The van der Waals surface area contributed by atoms with Crippen molar-refractivity contribution in [1.29, 1.82) is 0 Å². The van der Waals surface area contributed by atoms with E-state index in [0.29, 0.717) is 11.3 Å². The van der Waals surface area contributed by atoms with Gasteiger partial charge in [-0.25, -0.2) is 4.79 Å². The number of hydrogen-bond donors (Lipinski definition) is 4. The number of carbonyl (C=O) groups is 2. The lowest BCUT2D eigenvalue weighted by Gasteiger charge is -2.29.